The first kappa shape index (κ1) is 13.3. The highest BCUT2D eigenvalue weighted by Gasteiger charge is 2.48. The fourth-order valence-electron chi connectivity index (χ4n) is 2.54. The molecule has 2 unspecified atom stereocenters. The molecule has 1 aromatic carbocycles. The molecule has 0 aromatic heterocycles. The van der Waals surface area contributed by atoms with E-state index in [0.29, 0.717) is 17.1 Å². The lowest BCUT2D eigenvalue weighted by atomic mass is 9.64. The Balaban J connectivity index is 2.14. The van der Waals surface area contributed by atoms with Crippen molar-refractivity contribution in [2.45, 2.75) is 32.4 Å². The number of benzene rings is 1. The zero-order valence-corrected chi connectivity index (χ0v) is 11.9. The summed E-state index contributed by atoms with van der Waals surface area (Å²) in [5.74, 6) is 0. The molecule has 1 aliphatic rings. The summed E-state index contributed by atoms with van der Waals surface area (Å²) >= 11 is 5.07. The van der Waals surface area contributed by atoms with Crippen molar-refractivity contribution in [2.75, 3.05) is 12.4 Å². The van der Waals surface area contributed by atoms with Gasteiger partial charge in [-0.3, -0.25) is 0 Å². The first-order valence-electron chi connectivity index (χ1n) is 6.15. The van der Waals surface area contributed by atoms with E-state index in [1.807, 2.05) is 24.3 Å². The molecule has 0 amide bonds. The van der Waals surface area contributed by atoms with Crippen molar-refractivity contribution in [3.63, 3.8) is 0 Å². The van der Waals surface area contributed by atoms with Crippen LogP contribution in [-0.4, -0.2) is 24.2 Å². The number of para-hydroxylation sites is 1. The first-order chi connectivity index (χ1) is 8.46. The van der Waals surface area contributed by atoms with Crippen LogP contribution in [0.2, 0.25) is 0 Å². The van der Waals surface area contributed by atoms with Gasteiger partial charge < -0.3 is 15.8 Å². The predicted molar refractivity (Wildman–Crippen MR) is 78.9 cm³/mol. The molecule has 1 aliphatic carbocycles. The summed E-state index contributed by atoms with van der Waals surface area (Å²) in [6, 6.07) is 8.29. The maximum atomic E-state index is 5.74. The molecule has 0 spiro atoms. The van der Waals surface area contributed by atoms with Crippen LogP contribution in [0.4, 0.5) is 5.69 Å². The fourth-order valence-corrected chi connectivity index (χ4v) is 2.72. The number of rotatable bonds is 4. The van der Waals surface area contributed by atoms with Crippen LogP contribution in [0.5, 0.6) is 0 Å². The maximum Gasteiger partial charge on any atom is 0.106 e. The van der Waals surface area contributed by atoms with Gasteiger partial charge in [-0.1, -0.05) is 38.2 Å². The topological polar surface area (TPSA) is 47.3 Å². The number of nitrogens with two attached hydrogens (primary N) is 1. The van der Waals surface area contributed by atoms with Gasteiger partial charge in [0.05, 0.1) is 6.10 Å². The molecule has 2 rings (SSSR count). The molecule has 0 heterocycles. The minimum absolute atomic E-state index is 0.123. The lowest BCUT2D eigenvalue weighted by Gasteiger charge is -2.51. The number of thiocarbonyl (C=S) groups is 1. The van der Waals surface area contributed by atoms with Crippen molar-refractivity contribution in [3.05, 3.63) is 29.8 Å². The molecule has 1 saturated carbocycles. The number of anilines is 1. The largest absolute Gasteiger partial charge is 0.389 e. The van der Waals surface area contributed by atoms with Crippen molar-refractivity contribution in [2.24, 2.45) is 11.1 Å². The Morgan fingerprint density at radius 3 is 2.67 bits per heavy atom. The quantitative estimate of drug-likeness (QED) is 0.821. The number of hydrogen-bond acceptors (Lipinski definition) is 3. The van der Waals surface area contributed by atoms with Crippen LogP contribution in [0, 0.1) is 5.41 Å². The fraction of sp³-hybridized carbons (Fsp3) is 0.500. The first-order valence-corrected chi connectivity index (χ1v) is 6.55. The standard InChI is InChI=1S/C14H20N2OS/c1-14(2)11(8-12(14)17-3)16-10-7-5-4-6-9(10)13(15)18/h4-7,11-12,16H,8H2,1-3H3,(H2,15,18). The molecular formula is C14H20N2OS. The summed E-state index contributed by atoms with van der Waals surface area (Å²) in [4.78, 5) is 0.429. The smallest absolute Gasteiger partial charge is 0.106 e. The van der Waals surface area contributed by atoms with E-state index < -0.39 is 0 Å². The van der Waals surface area contributed by atoms with Crippen LogP contribution in [0.25, 0.3) is 0 Å². The van der Waals surface area contributed by atoms with E-state index in [1.54, 1.807) is 7.11 Å². The van der Waals surface area contributed by atoms with Crippen LogP contribution in [0.3, 0.4) is 0 Å². The van der Waals surface area contributed by atoms with E-state index in [1.165, 1.54) is 0 Å². The number of nitrogens with one attached hydrogen (secondary N) is 1. The van der Waals surface area contributed by atoms with E-state index in [9.17, 15) is 0 Å². The van der Waals surface area contributed by atoms with Crippen molar-refractivity contribution in [1.29, 1.82) is 0 Å². The van der Waals surface area contributed by atoms with Gasteiger partial charge in [0.2, 0.25) is 0 Å². The van der Waals surface area contributed by atoms with Gasteiger partial charge in [0.1, 0.15) is 4.99 Å². The molecule has 98 valence electrons. The highest BCUT2D eigenvalue weighted by Crippen LogP contribution is 2.44. The summed E-state index contributed by atoms with van der Waals surface area (Å²) in [6.07, 6.45) is 1.32. The molecule has 1 fully saturated rings. The van der Waals surface area contributed by atoms with Gasteiger partial charge in [0.25, 0.3) is 0 Å². The molecule has 0 radical (unpaired) electrons. The van der Waals surface area contributed by atoms with Gasteiger partial charge in [-0.05, 0) is 18.6 Å². The minimum Gasteiger partial charge on any atom is -0.389 e. The number of ether oxygens (including phenoxy) is 1. The third kappa shape index (κ3) is 2.22. The van der Waals surface area contributed by atoms with Gasteiger partial charge in [-0.15, -0.1) is 0 Å². The molecule has 0 bridgehead atoms. The summed E-state index contributed by atoms with van der Waals surface area (Å²) in [5.41, 5.74) is 7.78. The maximum absolute atomic E-state index is 5.74. The zero-order chi connectivity index (χ0) is 13.3. The van der Waals surface area contributed by atoms with Gasteiger partial charge in [0.15, 0.2) is 0 Å². The van der Waals surface area contributed by atoms with Crippen molar-refractivity contribution >= 4 is 22.9 Å². The van der Waals surface area contributed by atoms with E-state index in [-0.39, 0.29) is 5.41 Å². The molecule has 0 saturated heterocycles. The Morgan fingerprint density at radius 2 is 2.11 bits per heavy atom. The average molecular weight is 264 g/mol. The SMILES string of the molecule is COC1CC(Nc2ccccc2C(N)=S)C1(C)C. The van der Waals surface area contributed by atoms with E-state index in [4.69, 9.17) is 22.7 Å². The van der Waals surface area contributed by atoms with E-state index >= 15 is 0 Å². The van der Waals surface area contributed by atoms with Crippen LogP contribution in [-0.2, 0) is 4.74 Å². The lowest BCUT2D eigenvalue weighted by Crippen LogP contribution is -2.57. The number of methoxy groups -OCH3 is 1. The Kier molecular flexibility index (Phi) is 3.59. The van der Waals surface area contributed by atoms with Crippen LogP contribution in [0.1, 0.15) is 25.8 Å². The van der Waals surface area contributed by atoms with Gasteiger partial charge >= 0.3 is 0 Å². The molecule has 4 heteroatoms. The second kappa shape index (κ2) is 4.86. The molecular weight excluding hydrogens is 244 g/mol. The van der Waals surface area contributed by atoms with Gasteiger partial charge in [-0.2, -0.15) is 0 Å². The minimum atomic E-state index is 0.123. The highest BCUT2D eigenvalue weighted by atomic mass is 32.1. The Morgan fingerprint density at radius 1 is 1.44 bits per heavy atom. The highest BCUT2D eigenvalue weighted by molar-refractivity contribution is 7.80. The molecule has 3 N–H and O–H groups in total. The van der Waals surface area contributed by atoms with E-state index in [0.717, 1.165) is 17.7 Å². The lowest BCUT2D eigenvalue weighted by molar-refractivity contribution is -0.0794. The summed E-state index contributed by atoms with van der Waals surface area (Å²) in [5, 5.41) is 3.54. The Labute approximate surface area is 114 Å². The summed E-state index contributed by atoms with van der Waals surface area (Å²) < 4.78 is 5.46. The average Bonchev–Trinajstić information content (AvgIpc) is 2.34. The number of hydrogen-bond donors (Lipinski definition) is 2. The van der Waals surface area contributed by atoms with Crippen LogP contribution >= 0.6 is 12.2 Å². The predicted octanol–water partition coefficient (Wildman–Crippen LogP) is 2.55. The van der Waals surface area contributed by atoms with Crippen molar-refractivity contribution in [1.82, 2.24) is 0 Å². The Hall–Kier alpha value is -1.13. The molecule has 2 atom stereocenters. The third-order valence-electron chi connectivity index (χ3n) is 3.98. The molecule has 18 heavy (non-hydrogen) atoms. The second-order valence-corrected chi connectivity index (χ2v) is 5.83. The van der Waals surface area contributed by atoms with Gasteiger partial charge in [-0.25, -0.2) is 0 Å². The third-order valence-corrected chi connectivity index (χ3v) is 4.20. The monoisotopic (exact) mass is 264 g/mol. The normalized spacial score (nSPS) is 25.3. The van der Waals surface area contributed by atoms with E-state index in [2.05, 4.69) is 19.2 Å². The van der Waals surface area contributed by atoms with Crippen LogP contribution in [0.15, 0.2) is 24.3 Å². The zero-order valence-electron chi connectivity index (χ0n) is 11.1. The summed E-state index contributed by atoms with van der Waals surface area (Å²) in [7, 11) is 1.77. The van der Waals surface area contributed by atoms with Crippen molar-refractivity contribution < 1.29 is 4.74 Å². The molecule has 0 aliphatic heterocycles. The second-order valence-electron chi connectivity index (χ2n) is 5.39. The Bertz CT molecular complexity index is 459. The van der Waals surface area contributed by atoms with Crippen LogP contribution < -0.4 is 11.1 Å². The van der Waals surface area contributed by atoms with Crippen molar-refractivity contribution in [3.8, 4) is 0 Å². The molecule has 1 aromatic rings. The molecule has 3 nitrogen and oxygen atoms in total. The summed E-state index contributed by atoms with van der Waals surface area (Å²) in [6.45, 7) is 4.43. The van der Waals surface area contributed by atoms with Gasteiger partial charge in [0, 0.05) is 29.8 Å².